The van der Waals surface area contributed by atoms with Crippen LogP contribution in [0.1, 0.15) is 16.7 Å². The SMILES string of the molecule is Cc1cc(NCc2ccc(OC(F)F)cc2)cc(C)c1Br. The van der Waals surface area contributed by atoms with Crippen LogP contribution in [-0.4, -0.2) is 6.61 Å². The first-order valence-corrected chi connectivity index (χ1v) is 7.29. The van der Waals surface area contributed by atoms with Crippen LogP contribution in [0, 0.1) is 13.8 Å². The molecule has 2 rings (SSSR count). The van der Waals surface area contributed by atoms with Crippen molar-refractivity contribution >= 4 is 21.6 Å². The number of benzene rings is 2. The van der Waals surface area contributed by atoms with Gasteiger partial charge in [0.1, 0.15) is 5.75 Å². The largest absolute Gasteiger partial charge is 0.435 e. The van der Waals surface area contributed by atoms with Gasteiger partial charge >= 0.3 is 6.61 Å². The maximum atomic E-state index is 12.1. The summed E-state index contributed by atoms with van der Waals surface area (Å²) < 4.78 is 29.6. The van der Waals surface area contributed by atoms with E-state index in [4.69, 9.17) is 0 Å². The van der Waals surface area contributed by atoms with Gasteiger partial charge in [-0.2, -0.15) is 8.78 Å². The van der Waals surface area contributed by atoms with Crippen LogP contribution in [0.4, 0.5) is 14.5 Å². The molecule has 5 heteroatoms. The number of anilines is 1. The number of hydrogen-bond donors (Lipinski definition) is 1. The van der Waals surface area contributed by atoms with E-state index in [0.717, 1.165) is 26.9 Å². The quantitative estimate of drug-likeness (QED) is 0.787. The molecule has 2 aromatic rings. The van der Waals surface area contributed by atoms with Gasteiger partial charge in [0.2, 0.25) is 0 Å². The molecule has 0 aliphatic carbocycles. The lowest BCUT2D eigenvalue weighted by molar-refractivity contribution is -0.0498. The molecule has 0 spiro atoms. The van der Waals surface area contributed by atoms with E-state index in [1.807, 2.05) is 13.8 Å². The highest BCUT2D eigenvalue weighted by molar-refractivity contribution is 9.10. The third-order valence-corrected chi connectivity index (χ3v) is 4.33. The van der Waals surface area contributed by atoms with Gasteiger partial charge in [-0.15, -0.1) is 0 Å². The fourth-order valence-corrected chi connectivity index (χ4v) is 2.27. The molecule has 0 aliphatic heterocycles. The van der Waals surface area contributed by atoms with Crippen LogP contribution < -0.4 is 10.1 Å². The first-order chi connectivity index (χ1) is 9.95. The smallest absolute Gasteiger partial charge is 0.387 e. The van der Waals surface area contributed by atoms with Crippen LogP contribution in [0.3, 0.4) is 0 Å². The van der Waals surface area contributed by atoms with E-state index in [1.54, 1.807) is 24.3 Å². The molecular formula is C16H16BrF2NO. The van der Waals surface area contributed by atoms with Crippen molar-refractivity contribution < 1.29 is 13.5 Å². The highest BCUT2D eigenvalue weighted by atomic mass is 79.9. The number of aryl methyl sites for hydroxylation is 2. The van der Waals surface area contributed by atoms with Crippen molar-refractivity contribution in [3.05, 3.63) is 57.6 Å². The monoisotopic (exact) mass is 355 g/mol. The van der Waals surface area contributed by atoms with Crippen molar-refractivity contribution in [2.24, 2.45) is 0 Å². The molecule has 0 radical (unpaired) electrons. The molecule has 0 saturated heterocycles. The van der Waals surface area contributed by atoms with Gasteiger partial charge in [0, 0.05) is 16.7 Å². The Labute approximate surface area is 131 Å². The highest BCUT2D eigenvalue weighted by Crippen LogP contribution is 2.25. The van der Waals surface area contributed by atoms with Crippen molar-refractivity contribution in [1.29, 1.82) is 0 Å². The third kappa shape index (κ3) is 4.43. The Hall–Kier alpha value is -1.62. The number of halogens is 3. The summed E-state index contributed by atoms with van der Waals surface area (Å²) in [4.78, 5) is 0. The number of rotatable bonds is 5. The molecule has 0 saturated carbocycles. The van der Waals surface area contributed by atoms with E-state index < -0.39 is 6.61 Å². The molecule has 0 unspecified atom stereocenters. The Bertz CT molecular complexity index is 591. The van der Waals surface area contributed by atoms with Gasteiger partial charge in [-0.1, -0.05) is 28.1 Å². The fraction of sp³-hybridized carbons (Fsp3) is 0.250. The summed E-state index contributed by atoms with van der Waals surface area (Å²) in [7, 11) is 0. The van der Waals surface area contributed by atoms with Gasteiger partial charge in [0.05, 0.1) is 0 Å². The minimum Gasteiger partial charge on any atom is -0.435 e. The molecule has 0 aromatic heterocycles. The fourth-order valence-electron chi connectivity index (χ4n) is 2.04. The molecule has 0 aliphatic rings. The maximum Gasteiger partial charge on any atom is 0.387 e. The van der Waals surface area contributed by atoms with Gasteiger partial charge in [-0.3, -0.25) is 0 Å². The lowest BCUT2D eigenvalue weighted by atomic mass is 10.1. The van der Waals surface area contributed by atoms with Gasteiger partial charge in [0.25, 0.3) is 0 Å². The van der Waals surface area contributed by atoms with E-state index >= 15 is 0 Å². The zero-order chi connectivity index (χ0) is 15.4. The van der Waals surface area contributed by atoms with Crippen LogP contribution >= 0.6 is 15.9 Å². The van der Waals surface area contributed by atoms with E-state index in [0.29, 0.717) is 6.54 Å². The second kappa shape index (κ2) is 6.89. The maximum absolute atomic E-state index is 12.1. The summed E-state index contributed by atoms with van der Waals surface area (Å²) in [5, 5.41) is 3.32. The number of nitrogens with one attached hydrogen (secondary N) is 1. The van der Waals surface area contributed by atoms with Crippen molar-refractivity contribution in [3.63, 3.8) is 0 Å². The number of alkyl halides is 2. The molecular weight excluding hydrogens is 340 g/mol. The lowest BCUT2D eigenvalue weighted by Crippen LogP contribution is -2.03. The van der Waals surface area contributed by atoms with Gasteiger partial charge in [0.15, 0.2) is 0 Å². The Kier molecular flexibility index (Phi) is 5.17. The van der Waals surface area contributed by atoms with E-state index in [2.05, 4.69) is 38.1 Å². The predicted octanol–water partition coefficient (Wildman–Crippen LogP) is 5.28. The Morgan fingerprint density at radius 1 is 1.10 bits per heavy atom. The van der Waals surface area contributed by atoms with Crippen molar-refractivity contribution in [1.82, 2.24) is 0 Å². The molecule has 2 nitrogen and oxygen atoms in total. The van der Waals surface area contributed by atoms with Crippen LogP contribution in [-0.2, 0) is 6.54 Å². The van der Waals surface area contributed by atoms with Crippen molar-refractivity contribution in [3.8, 4) is 5.75 Å². The van der Waals surface area contributed by atoms with Gasteiger partial charge in [-0.05, 0) is 54.8 Å². The molecule has 0 fully saturated rings. The standard InChI is InChI=1S/C16H16BrF2NO/c1-10-7-13(8-11(2)15(10)17)20-9-12-3-5-14(6-4-12)21-16(18)19/h3-8,16,20H,9H2,1-2H3. The Morgan fingerprint density at radius 2 is 1.67 bits per heavy atom. The molecule has 1 N–H and O–H groups in total. The molecule has 2 aromatic carbocycles. The lowest BCUT2D eigenvalue weighted by Gasteiger charge is -2.11. The summed E-state index contributed by atoms with van der Waals surface area (Å²) in [6.07, 6.45) is 0. The Morgan fingerprint density at radius 3 is 2.19 bits per heavy atom. The van der Waals surface area contributed by atoms with Crippen molar-refractivity contribution in [2.45, 2.75) is 27.0 Å². The van der Waals surface area contributed by atoms with Crippen LogP contribution in [0.25, 0.3) is 0 Å². The normalized spacial score (nSPS) is 10.8. The summed E-state index contributed by atoms with van der Waals surface area (Å²) in [5.74, 6) is 0.170. The summed E-state index contributed by atoms with van der Waals surface area (Å²) in [5.41, 5.74) is 4.35. The second-order valence-electron chi connectivity index (χ2n) is 4.80. The first kappa shape index (κ1) is 15.8. The second-order valence-corrected chi connectivity index (χ2v) is 5.59. The summed E-state index contributed by atoms with van der Waals surface area (Å²) in [6, 6.07) is 10.7. The minimum absolute atomic E-state index is 0.170. The zero-order valence-electron chi connectivity index (χ0n) is 11.8. The van der Waals surface area contributed by atoms with Crippen molar-refractivity contribution in [2.75, 3.05) is 5.32 Å². The highest BCUT2D eigenvalue weighted by Gasteiger charge is 2.04. The topological polar surface area (TPSA) is 21.3 Å². The van der Waals surface area contributed by atoms with Crippen LogP contribution in [0.2, 0.25) is 0 Å². The zero-order valence-corrected chi connectivity index (χ0v) is 13.4. The first-order valence-electron chi connectivity index (χ1n) is 6.50. The molecule has 0 bridgehead atoms. The number of hydrogen-bond acceptors (Lipinski definition) is 2. The van der Waals surface area contributed by atoms with E-state index in [1.165, 1.54) is 0 Å². The third-order valence-electron chi connectivity index (χ3n) is 3.08. The average Bonchev–Trinajstić information content (AvgIpc) is 2.43. The number of ether oxygens (including phenoxy) is 1. The molecule has 21 heavy (non-hydrogen) atoms. The minimum atomic E-state index is -2.79. The van der Waals surface area contributed by atoms with Crippen LogP contribution in [0.15, 0.2) is 40.9 Å². The van der Waals surface area contributed by atoms with E-state index in [-0.39, 0.29) is 5.75 Å². The van der Waals surface area contributed by atoms with Crippen LogP contribution in [0.5, 0.6) is 5.75 Å². The Balaban J connectivity index is 2.00. The van der Waals surface area contributed by atoms with E-state index in [9.17, 15) is 8.78 Å². The summed E-state index contributed by atoms with van der Waals surface area (Å²) in [6.45, 7) is 1.91. The predicted molar refractivity (Wildman–Crippen MR) is 84.0 cm³/mol. The summed E-state index contributed by atoms with van der Waals surface area (Å²) >= 11 is 3.53. The van der Waals surface area contributed by atoms with Gasteiger partial charge in [-0.25, -0.2) is 0 Å². The molecule has 0 atom stereocenters. The molecule has 112 valence electrons. The van der Waals surface area contributed by atoms with Gasteiger partial charge < -0.3 is 10.1 Å². The molecule has 0 amide bonds. The molecule has 0 heterocycles. The average molecular weight is 356 g/mol.